The second-order valence-electron chi connectivity index (χ2n) is 6.18. The van der Waals surface area contributed by atoms with Crippen molar-refractivity contribution in [3.8, 4) is 0 Å². The van der Waals surface area contributed by atoms with Gasteiger partial charge in [0.15, 0.2) is 5.96 Å². The summed E-state index contributed by atoms with van der Waals surface area (Å²) < 4.78 is 1.87. The topological polar surface area (TPSA) is 57.5 Å². The molecule has 1 aromatic heterocycles. The molecule has 2 rings (SSSR count). The van der Waals surface area contributed by atoms with Gasteiger partial charge in [-0.05, 0) is 51.9 Å². The predicted octanol–water partition coefficient (Wildman–Crippen LogP) is 1.74. The Kier molecular flexibility index (Phi) is 7.93. The first kappa shape index (κ1) is 17.8. The third kappa shape index (κ3) is 6.60. The maximum atomic E-state index is 4.64. The van der Waals surface area contributed by atoms with Gasteiger partial charge in [0.05, 0.1) is 12.2 Å². The lowest BCUT2D eigenvalue weighted by Gasteiger charge is -2.20. The van der Waals surface area contributed by atoms with Crippen LogP contribution in [0, 0.1) is 0 Å². The van der Waals surface area contributed by atoms with E-state index in [-0.39, 0.29) is 0 Å². The van der Waals surface area contributed by atoms with Crippen molar-refractivity contribution in [2.45, 2.75) is 45.6 Å². The van der Waals surface area contributed by atoms with E-state index in [0.717, 1.165) is 31.2 Å². The molecule has 23 heavy (non-hydrogen) atoms. The predicted molar refractivity (Wildman–Crippen MR) is 95.6 cm³/mol. The minimum atomic E-state index is 0.651. The van der Waals surface area contributed by atoms with Crippen LogP contribution in [0.4, 0.5) is 0 Å². The monoisotopic (exact) mass is 320 g/mol. The highest BCUT2D eigenvalue weighted by Gasteiger charge is 2.08. The normalized spacial score (nSPS) is 17.0. The van der Waals surface area contributed by atoms with E-state index in [1.165, 1.54) is 45.3 Å². The van der Waals surface area contributed by atoms with Gasteiger partial charge in [-0.1, -0.05) is 12.8 Å². The zero-order valence-corrected chi connectivity index (χ0v) is 14.7. The average molecular weight is 320 g/mol. The molecule has 6 heteroatoms. The maximum Gasteiger partial charge on any atom is 0.191 e. The molecule has 0 radical (unpaired) electrons. The van der Waals surface area contributed by atoms with E-state index in [1.807, 2.05) is 24.0 Å². The zero-order chi connectivity index (χ0) is 16.3. The van der Waals surface area contributed by atoms with Crippen molar-refractivity contribution in [1.82, 2.24) is 25.3 Å². The maximum absolute atomic E-state index is 4.64. The van der Waals surface area contributed by atoms with E-state index in [2.05, 4.69) is 32.5 Å². The van der Waals surface area contributed by atoms with Crippen LogP contribution in [0.15, 0.2) is 17.3 Å². The highest BCUT2D eigenvalue weighted by atomic mass is 15.3. The number of aromatic nitrogens is 2. The summed E-state index contributed by atoms with van der Waals surface area (Å²) in [7, 11) is 1.95. The van der Waals surface area contributed by atoms with E-state index in [0.29, 0.717) is 6.54 Å². The molecule has 0 saturated carbocycles. The van der Waals surface area contributed by atoms with Gasteiger partial charge < -0.3 is 15.5 Å². The van der Waals surface area contributed by atoms with Gasteiger partial charge in [-0.25, -0.2) is 4.99 Å². The fraction of sp³-hybridized carbons (Fsp3) is 0.765. The van der Waals surface area contributed by atoms with Crippen LogP contribution in [0.25, 0.3) is 0 Å². The summed E-state index contributed by atoms with van der Waals surface area (Å²) in [5, 5.41) is 10.9. The molecule has 2 N–H and O–H groups in total. The number of nitrogens with zero attached hydrogens (tertiary/aromatic N) is 4. The molecule has 1 aliphatic rings. The summed E-state index contributed by atoms with van der Waals surface area (Å²) in [5.74, 6) is 0.893. The second-order valence-corrected chi connectivity index (χ2v) is 6.18. The second kappa shape index (κ2) is 10.3. The molecule has 0 amide bonds. The van der Waals surface area contributed by atoms with Gasteiger partial charge in [-0.3, -0.25) is 4.68 Å². The number of hydrogen-bond donors (Lipinski definition) is 2. The number of aliphatic imine (C=N–C) groups is 1. The summed E-state index contributed by atoms with van der Waals surface area (Å²) in [6, 6.07) is 2.01. The molecule has 0 bridgehead atoms. The molecule has 1 aromatic rings. The Morgan fingerprint density at radius 3 is 2.65 bits per heavy atom. The van der Waals surface area contributed by atoms with Gasteiger partial charge in [0.2, 0.25) is 0 Å². The molecule has 0 unspecified atom stereocenters. The van der Waals surface area contributed by atoms with Gasteiger partial charge in [-0.2, -0.15) is 5.10 Å². The van der Waals surface area contributed by atoms with Gasteiger partial charge in [0.1, 0.15) is 0 Å². The molecule has 1 fully saturated rings. The number of likely N-dealkylation sites (tertiary alicyclic amines) is 1. The molecular weight excluding hydrogens is 288 g/mol. The molecule has 1 saturated heterocycles. The molecule has 6 nitrogen and oxygen atoms in total. The first-order chi connectivity index (χ1) is 11.3. The van der Waals surface area contributed by atoms with Crippen LogP contribution in [0.1, 0.15) is 44.7 Å². The number of rotatable bonds is 7. The van der Waals surface area contributed by atoms with E-state index >= 15 is 0 Å². The highest BCUT2D eigenvalue weighted by Crippen LogP contribution is 2.09. The standard InChI is InChI=1S/C17H32N6/c1-3-18-17(20-15-16-9-11-21-22(16)2)19-10-8-14-23-12-6-4-5-7-13-23/h9,11H,3-8,10,12-15H2,1-2H3,(H2,18,19,20). The Balaban J connectivity index is 1.70. The molecular formula is C17H32N6. The van der Waals surface area contributed by atoms with Gasteiger partial charge >= 0.3 is 0 Å². The summed E-state index contributed by atoms with van der Waals surface area (Å²) in [4.78, 5) is 7.24. The molecule has 1 aliphatic heterocycles. The van der Waals surface area contributed by atoms with Crippen LogP contribution in [0.2, 0.25) is 0 Å². The van der Waals surface area contributed by atoms with E-state index in [1.54, 1.807) is 0 Å². The van der Waals surface area contributed by atoms with Crippen LogP contribution in [0.5, 0.6) is 0 Å². The van der Waals surface area contributed by atoms with Crippen molar-refractivity contribution in [3.63, 3.8) is 0 Å². The van der Waals surface area contributed by atoms with Gasteiger partial charge in [0, 0.05) is 26.3 Å². The molecule has 0 aliphatic carbocycles. The van der Waals surface area contributed by atoms with Gasteiger partial charge in [0.25, 0.3) is 0 Å². The number of hydrogen-bond acceptors (Lipinski definition) is 3. The highest BCUT2D eigenvalue weighted by molar-refractivity contribution is 5.79. The molecule has 130 valence electrons. The quantitative estimate of drug-likeness (QED) is 0.456. The van der Waals surface area contributed by atoms with E-state index < -0.39 is 0 Å². The lowest BCUT2D eigenvalue weighted by atomic mass is 10.2. The molecule has 0 atom stereocenters. The van der Waals surface area contributed by atoms with Crippen molar-refractivity contribution < 1.29 is 0 Å². The summed E-state index contributed by atoms with van der Waals surface area (Å²) in [5.41, 5.74) is 1.12. The fourth-order valence-corrected chi connectivity index (χ4v) is 2.93. The Hall–Kier alpha value is -1.56. The van der Waals surface area contributed by atoms with Crippen LogP contribution < -0.4 is 10.6 Å². The van der Waals surface area contributed by atoms with Crippen molar-refractivity contribution in [2.24, 2.45) is 12.0 Å². The van der Waals surface area contributed by atoms with Crippen molar-refractivity contribution in [1.29, 1.82) is 0 Å². The Labute approximate surface area is 140 Å². The minimum Gasteiger partial charge on any atom is -0.357 e. The van der Waals surface area contributed by atoms with Crippen LogP contribution in [-0.2, 0) is 13.6 Å². The summed E-state index contributed by atoms with van der Waals surface area (Å²) >= 11 is 0. The summed E-state index contributed by atoms with van der Waals surface area (Å²) in [6.45, 7) is 8.32. The van der Waals surface area contributed by atoms with Crippen LogP contribution in [-0.4, -0.2) is 53.4 Å². The third-order valence-corrected chi connectivity index (χ3v) is 4.31. The SMILES string of the molecule is CCNC(=NCc1ccnn1C)NCCCN1CCCCCC1. The molecule has 0 spiro atoms. The smallest absolute Gasteiger partial charge is 0.191 e. The lowest BCUT2D eigenvalue weighted by molar-refractivity contribution is 0.282. The Bertz CT molecular complexity index is 459. The molecule has 2 heterocycles. The number of aryl methyl sites for hydroxylation is 1. The van der Waals surface area contributed by atoms with Crippen molar-refractivity contribution >= 4 is 5.96 Å². The Morgan fingerprint density at radius 1 is 1.22 bits per heavy atom. The average Bonchev–Trinajstić information content (AvgIpc) is 2.80. The van der Waals surface area contributed by atoms with Crippen molar-refractivity contribution in [2.75, 3.05) is 32.7 Å². The fourth-order valence-electron chi connectivity index (χ4n) is 2.93. The largest absolute Gasteiger partial charge is 0.357 e. The number of nitrogens with one attached hydrogen (secondary N) is 2. The first-order valence-electron chi connectivity index (χ1n) is 9.01. The van der Waals surface area contributed by atoms with E-state index in [4.69, 9.17) is 0 Å². The number of guanidine groups is 1. The molecule has 0 aromatic carbocycles. The third-order valence-electron chi connectivity index (χ3n) is 4.31. The zero-order valence-electron chi connectivity index (χ0n) is 14.7. The van der Waals surface area contributed by atoms with Crippen LogP contribution >= 0.6 is 0 Å². The van der Waals surface area contributed by atoms with Crippen LogP contribution in [0.3, 0.4) is 0 Å². The Morgan fingerprint density at radius 2 is 2.00 bits per heavy atom. The lowest BCUT2D eigenvalue weighted by Crippen LogP contribution is -2.39. The summed E-state index contributed by atoms with van der Waals surface area (Å²) in [6.07, 6.45) is 8.51. The minimum absolute atomic E-state index is 0.651. The first-order valence-corrected chi connectivity index (χ1v) is 9.01. The van der Waals surface area contributed by atoms with Crippen molar-refractivity contribution in [3.05, 3.63) is 18.0 Å². The van der Waals surface area contributed by atoms with Gasteiger partial charge in [-0.15, -0.1) is 0 Å². The van der Waals surface area contributed by atoms with E-state index in [9.17, 15) is 0 Å².